The number of nitrogens with one attached hydrogen (secondary N) is 1. The van der Waals surface area contributed by atoms with Crippen LogP contribution in [0.25, 0.3) is 0 Å². The van der Waals surface area contributed by atoms with Gasteiger partial charge in [0.2, 0.25) is 5.92 Å². The van der Waals surface area contributed by atoms with E-state index in [1.165, 1.54) is 11.9 Å². The number of rotatable bonds is 1. The van der Waals surface area contributed by atoms with Crippen LogP contribution >= 0.6 is 0 Å². The zero-order valence-electron chi connectivity index (χ0n) is 8.52. The highest BCUT2D eigenvalue weighted by molar-refractivity contribution is 5.73. The van der Waals surface area contributed by atoms with Gasteiger partial charge in [0.1, 0.15) is 0 Å². The number of halogens is 2. The van der Waals surface area contributed by atoms with Gasteiger partial charge in [0.15, 0.2) is 0 Å². The van der Waals surface area contributed by atoms with Crippen molar-refractivity contribution in [3.05, 3.63) is 0 Å². The topological polar surface area (TPSA) is 32.3 Å². The van der Waals surface area contributed by atoms with E-state index in [1.54, 1.807) is 7.05 Å². The Balaban J connectivity index is 2.45. The van der Waals surface area contributed by atoms with E-state index >= 15 is 0 Å². The van der Waals surface area contributed by atoms with Crippen LogP contribution in [-0.2, 0) is 0 Å². The third-order valence-corrected chi connectivity index (χ3v) is 2.77. The first-order valence-corrected chi connectivity index (χ1v) is 4.78. The molecule has 14 heavy (non-hydrogen) atoms. The fourth-order valence-electron chi connectivity index (χ4n) is 1.75. The molecule has 2 amide bonds. The molecule has 82 valence electrons. The molecule has 1 aliphatic rings. The van der Waals surface area contributed by atoms with Crippen LogP contribution in [-0.4, -0.2) is 37.0 Å². The molecule has 0 saturated heterocycles. The van der Waals surface area contributed by atoms with E-state index in [2.05, 4.69) is 5.32 Å². The van der Waals surface area contributed by atoms with E-state index in [0.29, 0.717) is 12.8 Å². The normalized spacial score (nSPS) is 21.7. The van der Waals surface area contributed by atoms with E-state index in [9.17, 15) is 13.6 Å². The number of nitrogens with zero attached hydrogens (tertiary/aromatic N) is 1. The molecular weight excluding hydrogens is 190 g/mol. The molecule has 0 spiro atoms. The van der Waals surface area contributed by atoms with Crippen LogP contribution in [0.4, 0.5) is 13.6 Å². The van der Waals surface area contributed by atoms with Gasteiger partial charge in [0, 0.05) is 33.0 Å². The zero-order chi connectivity index (χ0) is 10.8. The Labute approximate surface area is 82.5 Å². The summed E-state index contributed by atoms with van der Waals surface area (Å²) >= 11 is 0. The summed E-state index contributed by atoms with van der Waals surface area (Å²) in [6.45, 7) is 0. The number of alkyl halides is 2. The van der Waals surface area contributed by atoms with E-state index < -0.39 is 5.92 Å². The maximum Gasteiger partial charge on any atom is 0.317 e. The van der Waals surface area contributed by atoms with Crippen molar-refractivity contribution in [2.24, 2.45) is 0 Å². The fraction of sp³-hybridized carbons (Fsp3) is 0.889. The van der Waals surface area contributed by atoms with Crippen molar-refractivity contribution in [2.75, 3.05) is 14.1 Å². The van der Waals surface area contributed by atoms with Crippen molar-refractivity contribution in [3.8, 4) is 0 Å². The molecule has 1 aliphatic carbocycles. The number of amides is 2. The molecule has 0 atom stereocenters. The van der Waals surface area contributed by atoms with Crippen LogP contribution in [0.1, 0.15) is 25.7 Å². The number of urea groups is 1. The second-order valence-corrected chi connectivity index (χ2v) is 3.75. The van der Waals surface area contributed by atoms with Crippen LogP contribution in [0.3, 0.4) is 0 Å². The molecule has 1 fully saturated rings. The molecule has 1 saturated carbocycles. The molecule has 3 nitrogen and oxygen atoms in total. The van der Waals surface area contributed by atoms with Crippen molar-refractivity contribution in [1.82, 2.24) is 10.2 Å². The summed E-state index contributed by atoms with van der Waals surface area (Å²) in [5.41, 5.74) is 0. The summed E-state index contributed by atoms with van der Waals surface area (Å²) in [6, 6.07) is -0.255. The van der Waals surface area contributed by atoms with E-state index in [0.717, 1.165) is 0 Å². The summed E-state index contributed by atoms with van der Waals surface area (Å²) in [6.07, 6.45) is 0.547. The van der Waals surface area contributed by atoms with Crippen LogP contribution in [0.2, 0.25) is 0 Å². The lowest BCUT2D eigenvalue weighted by Gasteiger charge is -2.34. The summed E-state index contributed by atoms with van der Waals surface area (Å²) < 4.78 is 25.6. The number of carbonyl (C=O) groups is 1. The van der Waals surface area contributed by atoms with Gasteiger partial charge in [0.05, 0.1) is 0 Å². The molecule has 0 bridgehead atoms. The summed E-state index contributed by atoms with van der Waals surface area (Å²) in [7, 11) is 3.18. The van der Waals surface area contributed by atoms with Gasteiger partial charge in [-0.15, -0.1) is 0 Å². The smallest absolute Gasteiger partial charge is 0.317 e. The Morgan fingerprint density at radius 2 is 1.93 bits per heavy atom. The minimum atomic E-state index is -2.53. The summed E-state index contributed by atoms with van der Waals surface area (Å²) in [4.78, 5) is 12.7. The van der Waals surface area contributed by atoms with Crippen molar-refractivity contribution in [1.29, 1.82) is 0 Å². The molecule has 0 heterocycles. The quantitative estimate of drug-likeness (QED) is 0.697. The maximum absolute atomic E-state index is 12.8. The lowest BCUT2D eigenvalue weighted by molar-refractivity contribution is -0.0477. The highest BCUT2D eigenvalue weighted by Gasteiger charge is 2.36. The lowest BCUT2D eigenvalue weighted by atomic mass is 9.91. The average molecular weight is 206 g/mol. The van der Waals surface area contributed by atoms with Gasteiger partial charge >= 0.3 is 6.03 Å². The fourth-order valence-corrected chi connectivity index (χ4v) is 1.75. The van der Waals surface area contributed by atoms with Gasteiger partial charge in [-0.05, 0) is 12.8 Å². The van der Waals surface area contributed by atoms with Crippen LogP contribution in [0.5, 0.6) is 0 Å². The van der Waals surface area contributed by atoms with Crippen LogP contribution in [0.15, 0.2) is 0 Å². The van der Waals surface area contributed by atoms with E-state index in [1.807, 2.05) is 0 Å². The SMILES string of the molecule is CNC(=O)N(C)C1CCC(F)(F)CC1. The van der Waals surface area contributed by atoms with Gasteiger partial charge in [-0.2, -0.15) is 0 Å². The van der Waals surface area contributed by atoms with Gasteiger partial charge in [-0.1, -0.05) is 0 Å². The van der Waals surface area contributed by atoms with Gasteiger partial charge in [0.25, 0.3) is 0 Å². The molecule has 1 rings (SSSR count). The summed E-state index contributed by atoms with van der Waals surface area (Å²) in [5, 5.41) is 2.48. The molecule has 0 aromatic rings. The van der Waals surface area contributed by atoms with Crippen molar-refractivity contribution in [2.45, 2.75) is 37.6 Å². The molecule has 0 unspecified atom stereocenters. The first kappa shape index (κ1) is 11.2. The monoisotopic (exact) mass is 206 g/mol. The van der Waals surface area contributed by atoms with Gasteiger partial charge < -0.3 is 10.2 Å². The predicted octanol–water partition coefficient (Wildman–Crippen LogP) is 1.84. The lowest BCUT2D eigenvalue weighted by Crippen LogP contribution is -2.45. The molecule has 0 aliphatic heterocycles. The Kier molecular flexibility index (Phi) is 3.29. The van der Waals surface area contributed by atoms with Crippen molar-refractivity contribution < 1.29 is 13.6 Å². The zero-order valence-corrected chi connectivity index (χ0v) is 8.52. The number of carbonyl (C=O) groups excluding carboxylic acids is 1. The summed E-state index contributed by atoms with van der Waals surface area (Å²) in [5.74, 6) is -2.53. The maximum atomic E-state index is 12.8. The van der Waals surface area contributed by atoms with Crippen molar-refractivity contribution in [3.63, 3.8) is 0 Å². The van der Waals surface area contributed by atoms with Gasteiger partial charge in [-0.25, -0.2) is 13.6 Å². The van der Waals surface area contributed by atoms with E-state index in [4.69, 9.17) is 0 Å². The molecular formula is C9H16F2N2O. The second-order valence-electron chi connectivity index (χ2n) is 3.75. The largest absolute Gasteiger partial charge is 0.341 e. The minimum absolute atomic E-state index is 0.0467. The minimum Gasteiger partial charge on any atom is -0.341 e. The van der Waals surface area contributed by atoms with Crippen LogP contribution in [0, 0.1) is 0 Å². The average Bonchev–Trinajstić information content (AvgIpc) is 2.15. The van der Waals surface area contributed by atoms with Crippen LogP contribution < -0.4 is 5.32 Å². The number of hydrogen-bond acceptors (Lipinski definition) is 1. The molecule has 5 heteroatoms. The third kappa shape index (κ3) is 2.56. The molecule has 0 aromatic carbocycles. The Morgan fingerprint density at radius 3 is 2.36 bits per heavy atom. The van der Waals surface area contributed by atoms with Gasteiger partial charge in [-0.3, -0.25) is 0 Å². The standard InChI is InChI=1S/C9H16F2N2O/c1-12-8(14)13(2)7-3-5-9(10,11)6-4-7/h7H,3-6H2,1-2H3,(H,12,14). The number of hydrogen-bond donors (Lipinski definition) is 1. The first-order chi connectivity index (χ1) is 6.46. The Morgan fingerprint density at radius 1 is 1.43 bits per heavy atom. The molecule has 1 N–H and O–H groups in total. The predicted molar refractivity (Wildman–Crippen MR) is 49.4 cm³/mol. The first-order valence-electron chi connectivity index (χ1n) is 4.78. The Bertz CT molecular complexity index is 211. The highest BCUT2D eigenvalue weighted by atomic mass is 19.3. The highest BCUT2D eigenvalue weighted by Crippen LogP contribution is 2.34. The Hall–Kier alpha value is -0.870. The molecule has 0 radical (unpaired) electrons. The van der Waals surface area contributed by atoms with Crippen molar-refractivity contribution >= 4 is 6.03 Å². The third-order valence-electron chi connectivity index (χ3n) is 2.77. The van der Waals surface area contributed by atoms with E-state index in [-0.39, 0.29) is 24.9 Å². The second kappa shape index (κ2) is 4.11. The molecule has 0 aromatic heterocycles.